The zero-order chi connectivity index (χ0) is 17.2. The number of aromatic nitrogens is 1. The van der Waals surface area contributed by atoms with Crippen molar-refractivity contribution in [3.05, 3.63) is 66.0 Å². The van der Waals surface area contributed by atoms with Gasteiger partial charge in [0, 0.05) is 25.0 Å². The topological polar surface area (TPSA) is 94.3 Å². The molecule has 0 radical (unpaired) electrons. The van der Waals surface area contributed by atoms with Crippen LogP contribution in [0.15, 0.2) is 54.9 Å². The first kappa shape index (κ1) is 17.2. The monoisotopic (exact) mass is 325 g/mol. The van der Waals surface area contributed by atoms with E-state index in [-0.39, 0.29) is 12.5 Å². The molecule has 0 spiro atoms. The number of rotatable bonds is 8. The summed E-state index contributed by atoms with van der Waals surface area (Å²) in [5.74, 6) is -0.109. The molecule has 0 saturated carbocycles. The molecule has 1 aromatic heterocycles. The number of nitrogens with zero attached hydrogens (tertiary/aromatic N) is 1. The summed E-state index contributed by atoms with van der Waals surface area (Å²) in [5.41, 5.74) is 6.90. The quantitative estimate of drug-likeness (QED) is 0.716. The number of pyridine rings is 1. The predicted molar refractivity (Wildman–Crippen MR) is 91.1 cm³/mol. The van der Waals surface area contributed by atoms with E-state index in [1.165, 1.54) is 6.08 Å². The van der Waals surface area contributed by atoms with Crippen molar-refractivity contribution in [2.45, 2.75) is 6.42 Å². The van der Waals surface area contributed by atoms with Gasteiger partial charge >= 0.3 is 0 Å². The lowest BCUT2D eigenvalue weighted by Gasteiger charge is -2.07. The molecule has 6 nitrogen and oxygen atoms in total. The average Bonchev–Trinajstić information content (AvgIpc) is 2.59. The second-order valence-electron chi connectivity index (χ2n) is 5.06. The summed E-state index contributed by atoms with van der Waals surface area (Å²) in [6.45, 7) is 0.342. The van der Waals surface area contributed by atoms with E-state index in [4.69, 9.17) is 10.5 Å². The SMILES string of the molecule is NC(=O)COc1cccc(CCNC(=O)/C=C/c2cccnc2)c1. The highest BCUT2D eigenvalue weighted by Crippen LogP contribution is 2.13. The molecule has 0 aliphatic rings. The van der Waals surface area contributed by atoms with Gasteiger partial charge in [0.15, 0.2) is 6.61 Å². The molecule has 1 heterocycles. The van der Waals surface area contributed by atoms with Gasteiger partial charge in [-0.25, -0.2) is 0 Å². The highest BCUT2D eigenvalue weighted by molar-refractivity contribution is 5.91. The Labute approximate surface area is 140 Å². The van der Waals surface area contributed by atoms with E-state index in [0.29, 0.717) is 18.7 Å². The van der Waals surface area contributed by atoms with Crippen LogP contribution in [-0.2, 0) is 16.0 Å². The molecule has 24 heavy (non-hydrogen) atoms. The molecule has 0 atom stereocenters. The van der Waals surface area contributed by atoms with E-state index in [2.05, 4.69) is 10.3 Å². The Morgan fingerprint density at radius 2 is 2.12 bits per heavy atom. The van der Waals surface area contributed by atoms with Crippen molar-refractivity contribution >= 4 is 17.9 Å². The number of ether oxygens (including phenoxy) is 1. The largest absolute Gasteiger partial charge is 0.484 e. The number of carbonyl (C=O) groups is 2. The summed E-state index contributed by atoms with van der Waals surface area (Å²) in [4.78, 5) is 26.4. The van der Waals surface area contributed by atoms with Crippen LogP contribution in [0.5, 0.6) is 5.75 Å². The lowest BCUT2D eigenvalue weighted by atomic mass is 10.1. The maximum absolute atomic E-state index is 11.8. The van der Waals surface area contributed by atoms with Crippen molar-refractivity contribution in [1.29, 1.82) is 0 Å². The van der Waals surface area contributed by atoms with Crippen LogP contribution in [0.25, 0.3) is 6.08 Å². The fraction of sp³-hybridized carbons (Fsp3) is 0.167. The maximum Gasteiger partial charge on any atom is 0.255 e. The van der Waals surface area contributed by atoms with Gasteiger partial charge in [-0.3, -0.25) is 14.6 Å². The Hall–Kier alpha value is -3.15. The molecule has 1 aromatic carbocycles. The van der Waals surface area contributed by atoms with E-state index in [0.717, 1.165) is 11.1 Å². The smallest absolute Gasteiger partial charge is 0.255 e. The summed E-state index contributed by atoms with van der Waals surface area (Å²) in [6, 6.07) is 11.0. The third-order valence-corrected chi connectivity index (χ3v) is 3.10. The first-order chi connectivity index (χ1) is 11.6. The van der Waals surface area contributed by atoms with Crippen LogP contribution in [0.2, 0.25) is 0 Å². The van der Waals surface area contributed by atoms with E-state index < -0.39 is 5.91 Å². The van der Waals surface area contributed by atoms with Gasteiger partial charge < -0.3 is 15.8 Å². The Morgan fingerprint density at radius 3 is 2.88 bits per heavy atom. The number of amides is 2. The standard InChI is InChI=1S/C18H19N3O3/c19-17(22)13-24-16-5-1-3-14(11-16)8-10-21-18(23)7-6-15-4-2-9-20-12-15/h1-7,9,11-12H,8,10,13H2,(H2,19,22)(H,21,23)/b7-6+. The highest BCUT2D eigenvalue weighted by Gasteiger charge is 2.01. The molecular formula is C18H19N3O3. The fourth-order valence-corrected chi connectivity index (χ4v) is 1.98. The molecule has 124 valence electrons. The Kier molecular flexibility index (Phi) is 6.52. The van der Waals surface area contributed by atoms with Crippen LogP contribution in [0.4, 0.5) is 0 Å². The fourth-order valence-electron chi connectivity index (χ4n) is 1.98. The Morgan fingerprint density at radius 1 is 1.25 bits per heavy atom. The first-order valence-electron chi connectivity index (χ1n) is 7.49. The summed E-state index contributed by atoms with van der Waals surface area (Å²) >= 11 is 0. The van der Waals surface area contributed by atoms with Crippen LogP contribution < -0.4 is 15.8 Å². The highest BCUT2D eigenvalue weighted by atomic mass is 16.5. The molecule has 3 N–H and O–H groups in total. The third-order valence-electron chi connectivity index (χ3n) is 3.10. The lowest BCUT2D eigenvalue weighted by molar-refractivity contribution is -0.120. The van der Waals surface area contributed by atoms with Crippen LogP contribution in [-0.4, -0.2) is 29.9 Å². The lowest BCUT2D eigenvalue weighted by Crippen LogP contribution is -2.23. The van der Waals surface area contributed by atoms with Crippen molar-refractivity contribution in [3.63, 3.8) is 0 Å². The molecule has 0 aliphatic heterocycles. The molecule has 0 unspecified atom stereocenters. The Bertz CT molecular complexity index is 714. The minimum atomic E-state index is -0.520. The van der Waals surface area contributed by atoms with Gasteiger partial charge in [-0.05, 0) is 41.8 Å². The second kappa shape index (κ2) is 9.09. The predicted octanol–water partition coefficient (Wildman–Crippen LogP) is 1.32. The van der Waals surface area contributed by atoms with Crippen molar-refractivity contribution in [2.75, 3.05) is 13.2 Å². The van der Waals surface area contributed by atoms with Crippen molar-refractivity contribution in [3.8, 4) is 5.75 Å². The second-order valence-corrected chi connectivity index (χ2v) is 5.06. The third kappa shape index (κ3) is 6.31. The summed E-state index contributed by atoms with van der Waals surface area (Å²) in [5, 5.41) is 2.81. The molecule has 6 heteroatoms. The van der Waals surface area contributed by atoms with Crippen LogP contribution in [0.3, 0.4) is 0 Å². The average molecular weight is 325 g/mol. The zero-order valence-corrected chi connectivity index (χ0v) is 13.1. The number of hydrogen-bond acceptors (Lipinski definition) is 4. The van der Waals surface area contributed by atoms with E-state index in [1.54, 1.807) is 24.5 Å². The van der Waals surface area contributed by atoms with Gasteiger partial charge in [0.05, 0.1) is 0 Å². The number of primary amides is 1. The minimum absolute atomic E-state index is 0.153. The number of carbonyl (C=O) groups excluding carboxylic acids is 2. The van der Waals surface area contributed by atoms with Gasteiger partial charge in [-0.1, -0.05) is 18.2 Å². The molecule has 0 saturated heterocycles. The van der Waals surface area contributed by atoms with Gasteiger partial charge in [-0.15, -0.1) is 0 Å². The normalized spacial score (nSPS) is 10.5. The van der Waals surface area contributed by atoms with Crippen LogP contribution in [0.1, 0.15) is 11.1 Å². The molecule has 2 rings (SSSR count). The number of hydrogen-bond donors (Lipinski definition) is 2. The van der Waals surface area contributed by atoms with E-state index in [9.17, 15) is 9.59 Å². The maximum atomic E-state index is 11.8. The van der Waals surface area contributed by atoms with Crippen molar-refractivity contribution < 1.29 is 14.3 Å². The zero-order valence-electron chi connectivity index (χ0n) is 13.1. The Balaban J connectivity index is 1.77. The van der Waals surface area contributed by atoms with E-state index in [1.807, 2.05) is 30.3 Å². The molecule has 0 aliphatic carbocycles. The summed E-state index contributed by atoms with van der Waals surface area (Å²) < 4.78 is 5.24. The molecule has 2 amide bonds. The van der Waals surface area contributed by atoms with Gasteiger partial charge in [0.2, 0.25) is 5.91 Å². The van der Waals surface area contributed by atoms with Gasteiger partial charge in [-0.2, -0.15) is 0 Å². The van der Waals surface area contributed by atoms with Crippen molar-refractivity contribution in [1.82, 2.24) is 10.3 Å². The molecule has 0 fully saturated rings. The summed E-state index contributed by atoms with van der Waals surface area (Å²) in [6.07, 6.45) is 7.20. The van der Waals surface area contributed by atoms with Gasteiger partial charge in [0.1, 0.15) is 5.75 Å². The number of nitrogens with one attached hydrogen (secondary N) is 1. The number of nitrogens with two attached hydrogens (primary N) is 1. The minimum Gasteiger partial charge on any atom is -0.484 e. The molecule has 0 bridgehead atoms. The summed E-state index contributed by atoms with van der Waals surface area (Å²) in [7, 11) is 0. The number of benzene rings is 1. The molecule has 2 aromatic rings. The van der Waals surface area contributed by atoms with Crippen LogP contribution in [0, 0.1) is 0 Å². The van der Waals surface area contributed by atoms with Gasteiger partial charge in [0.25, 0.3) is 5.91 Å². The first-order valence-corrected chi connectivity index (χ1v) is 7.49. The molecular weight excluding hydrogens is 306 g/mol. The van der Waals surface area contributed by atoms with Crippen molar-refractivity contribution in [2.24, 2.45) is 5.73 Å². The van der Waals surface area contributed by atoms with Crippen LogP contribution >= 0.6 is 0 Å². The van der Waals surface area contributed by atoms with E-state index >= 15 is 0 Å².